The molecule has 6 nitrogen and oxygen atoms in total. The Morgan fingerprint density at radius 2 is 1.65 bits per heavy atom. The summed E-state index contributed by atoms with van der Waals surface area (Å²) >= 11 is 0. The van der Waals surface area contributed by atoms with Gasteiger partial charge in [-0.25, -0.2) is 9.78 Å². The molecule has 2 heterocycles. The Balaban J connectivity index is 1.17. The molecule has 3 aromatic carbocycles. The van der Waals surface area contributed by atoms with E-state index in [9.17, 15) is 14.7 Å². The highest BCUT2D eigenvalue weighted by Gasteiger charge is 2.46. The first-order chi connectivity index (χ1) is 20.6. The van der Waals surface area contributed by atoms with Gasteiger partial charge < -0.3 is 14.4 Å². The van der Waals surface area contributed by atoms with Crippen molar-refractivity contribution in [3.05, 3.63) is 106 Å². The second-order valence-electron chi connectivity index (χ2n) is 13.1. The number of fused-ring (bicyclic) bond motifs is 3. The van der Waals surface area contributed by atoms with Gasteiger partial charge in [-0.2, -0.15) is 0 Å². The Kier molecular flexibility index (Phi) is 6.42. The van der Waals surface area contributed by atoms with Crippen molar-refractivity contribution in [1.29, 1.82) is 0 Å². The Morgan fingerprint density at radius 3 is 2.40 bits per heavy atom. The summed E-state index contributed by atoms with van der Waals surface area (Å²) in [5.74, 6) is -0.460. The Labute approximate surface area is 251 Å². The highest BCUT2D eigenvalue weighted by molar-refractivity contribution is 6.00. The van der Waals surface area contributed by atoms with E-state index in [1.807, 2.05) is 41.3 Å². The van der Waals surface area contributed by atoms with Crippen molar-refractivity contribution in [1.82, 2.24) is 9.88 Å². The molecule has 0 saturated carbocycles. The van der Waals surface area contributed by atoms with E-state index in [-0.39, 0.29) is 22.3 Å². The molecule has 0 bridgehead atoms. The van der Waals surface area contributed by atoms with Gasteiger partial charge in [0, 0.05) is 29.5 Å². The zero-order valence-corrected chi connectivity index (χ0v) is 24.9. The molecule has 3 aliphatic rings. The number of aromatic nitrogens is 1. The van der Waals surface area contributed by atoms with E-state index >= 15 is 0 Å². The topological polar surface area (TPSA) is 83.6 Å². The van der Waals surface area contributed by atoms with Gasteiger partial charge in [-0.05, 0) is 90.8 Å². The number of amides is 1. The van der Waals surface area contributed by atoms with Crippen molar-refractivity contribution in [3.63, 3.8) is 0 Å². The van der Waals surface area contributed by atoms with Gasteiger partial charge in [0.2, 0.25) is 5.89 Å². The number of hydrogen-bond donors (Lipinski definition) is 1. The molecular formula is C37H36N2O4. The summed E-state index contributed by atoms with van der Waals surface area (Å²) in [4.78, 5) is 32.3. The lowest BCUT2D eigenvalue weighted by Crippen LogP contribution is -2.48. The van der Waals surface area contributed by atoms with Gasteiger partial charge in [0.15, 0.2) is 5.58 Å². The number of oxazole rings is 1. The monoisotopic (exact) mass is 572 g/mol. The minimum Gasteiger partial charge on any atom is -0.478 e. The zero-order valence-electron chi connectivity index (χ0n) is 24.9. The van der Waals surface area contributed by atoms with Gasteiger partial charge in [-0.3, -0.25) is 4.79 Å². The van der Waals surface area contributed by atoms with Crippen molar-refractivity contribution in [3.8, 4) is 11.5 Å². The molecule has 1 aromatic heterocycles. The lowest BCUT2D eigenvalue weighted by molar-refractivity contribution is 0.0679. The molecular weight excluding hydrogens is 536 g/mol. The quantitative estimate of drug-likeness (QED) is 0.251. The number of hydrogen-bond acceptors (Lipinski definition) is 4. The van der Waals surface area contributed by atoms with E-state index in [0.717, 1.165) is 41.5 Å². The van der Waals surface area contributed by atoms with E-state index in [0.29, 0.717) is 24.5 Å². The van der Waals surface area contributed by atoms with Crippen molar-refractivity contribution in [2.24, 2.45) is 10.8 Å². The lowest BCUT2D eigenvalue weighted by Gasteiger charge is -2.50. The van der Waals surface area contributed by atoms with E-state index < -0.39 is 5.97 Å². The van der Waals surface area contributed by atoms with Crippen molar-refractivity contribution >= 4 is 28.5 Å². The summed E-state index contributed by atoms with van der Waals surface area (Å²) in [7, 11) is 0. The minimum absolute atomic E-state index is 0.0227. The Bertz CT molecular complexity index is 1800. The second-order valence-corrected chi connectivity index (χ2v) is 13.1. The fourth-order valence-corrected chi connectivity index (χ4v) is 7.65. The molecule has 7 rings (SSSR count). The van der Waals surface area contributed by atoms with Crippen LogP contribution in [0.1, 0.15) is 77.4 Å². The number of carboxylic acids is 1. The predicted octanol–water partition coefficient (Wildman–Crippen LogP) is 7.97. The van der Waals surface area contributed by atoms with Gasteiger partial charge in [-0.15, -0.1) is 0 Å². The first-order valence-corrected chi connectivity index (χ1v) is 15.2. The van der Waals surface area contributed by atoms with Crippen LogP contribution in [-0.2, 0) is 12.8 Å². The molecule has 0 unspecified atom stereocenters. The third kappa shape index (κ3) is 4.60. The number of aryl methyl sites for hydroxylation is 2. The van der Waals surface area contributed by atoms with Crippen LogP contribution in [0.5, 0.6) is 0 Å². The molecule has 4 aromatic rings. The number of allylic oxidation sites excluding steroid dienone is 2. The summed E-state index contributed by atoms with van der Waals surface area (Å²) in [5.41, 5.74) is 9.00. The van der Waals surface area contributed by atoms with Gasteiger partial charge in [-0.1, -0.05) is 62.8 Å². The summed E-state index contributed by atoms with van der Waals surface area (Å²) in [5, 5.41) is 9.32. The van der Waals surface area contributed by atoms with E-state index in [1.54, 1.807) is 12.1 Å². The first-order valence-electron chi connectivity index (χ1n) is 15.2. The van der Waals surface area contributed by atoms with Crippen molar-refractivity contribution < 1.29 is 19.1 Å². The van der Waals surface area contributed by atoms with Gasteiger partial charge in [0.25, 0.3) is 5.91 Å². The number of carboxylic acid groups (broad SMARTS) is 1. The summed E-state index contributed by atoms with van der Waals surface area (Å²) in [6.45, 7) is 7.83. The fraction of sp³-hybridized carbons (Fsp3) is 0.324. The van der Waals surface area contributed by atoms with Crippen LogP contribution in [0.15, 0.2) is 82.8 Å². The Morgan fingerprint density at radius 1 is 0.930 bits per heavy atom. The molecule has 1 atom stereocenters. The molecule has 43 heavy (non-hydrogen) atoms. The lowest BCUT2D eigenvalue weighted by atomic mass is 9.58. The number of carbonyl (C=O) groups is 2. The summed E-state index contributed by atoms with van der Waals surface area (Å²) in [6, 6.07) is 19.1. The smallest absolute Gasteiger partial charge is 0.335 e. The average Bonchev–Trinajstić information content (AvgIpc) is 3.42. The first kappa shape index (κ1) is 27.4. The predicted molar refractivity (Wildman–Crippen MR) is 168 cm³/mol. The minimum atomic E-state index is -0.924. The molecule has 0 saturated heterocycles. The third-order valence-corrected chi connectivity index (χ3v) is 9.78. The number of rotatable bonds is 4. The largest absolute Gasteiger partial charge is 0.478 e. The molecule has 1 N–H and O–H groups in total. The number of benzene rings is 3. The third-order valence-electron chi connectivity index (χ3n) is 9.78. The summed E-state index contributed by atoms with van der Waals surface area (Å²) in [6.07, 6.45) is 9.86. The molecule has 218 valence electrons. The SMILES string of the molecule is CC1(C)C(c2ccc(C(=O)O)cc2)=CC[C@]2(C)CN(C(=O)c3ccccc3-c3nc4cc5c(cc4o3)CCCC5)CC=C12. The van der Waals surface area contributed by atoms with Crippen LogP contribution in [0.25, 0.3) is 28.1 Å². The molecule has 1 amide bonds. The highest BCUT2D eigenvalue weighted by Crippen LogP contribution is 2.55. The standard InChI is InChI=1S/C37H36N2O4/c1-36(2)29(23-12-14-24(15-13-23)35(41)42)16-18-37(3)22-39(19-17-32(36)37)34(40)28-11-7-6-10-27(28)33-38-30-20-25-8-4-5-9-26(25)21-31(30)43-33/h6-7,10-17,20-21H,4-5,8-9,18-19,22H2,1-3H3,(H,41,42)/t37-/m1/s1. The van der Waals surface area contributed by atoms with Crippen LogP contribution in [-0.4, -0.2) is 40.0 Å². The van der Waals surface area contributed by atoms with E-state index in [1.165, 1.54) is 35.1 Å². The average molecular weight is 573 g/mol. The maximum Gasteiger partial charge on any atom is 0.335 e. The van der Waals surface area contributed by atoms with Crippen LogP contribution >= 0.6 is 0 Å². The molecule has 0 radical (unpaired) electrons. The molecule has 2 aliphatic carbocycles. The zero-order chi connectivity index (χ0) is 29.9. The number of aromatic carboxylic acids is 1. The number of carbonyl (C=O) groups excluding carboxylic acids is 1. The van der Waals surface area contributed by atoms with Gasteiger partial charge >= 0.3 is 5.97 Å². The molecule has 1 aliphatic heterocycles. The number of nitrogens with zero attached hydrogens (tertiary/aromatic N) is 2. The van der Waals surface area contributed by atoms with Crippen LogP contribution in [0.3, 0.4) is 0 Å². The molecule has 0 spiro atoms. The van der Waals surface area contributed by atoms with Crippen LogP contribution in [0.4, 0.5) is 0 Å². The molecule has 6 heteroatoms. The van der Waals surface area contributed by atoms with Crippen LogP contribution in [0, 0.1) is 10.8 Å². The van der Waals surface area contributed by atoms with Crippen LogP contribution < -0.4 is 0 Å². The fourth-order valence-electron chi connectivity index (χ4n) is 7.65. The highest BCUT2D eigenvalue weighted by atomic mass is 16.4. The van der Waals surface area contributed by atoms with E-state index in [4.69, 9.17) is 9.40 Å². The van der Waals surface area contributed by atoms with Crippen molar-refractivity contribution in [2.45, 2.75) is 52.9 Å². The maximum atomic E-state index is 14.1. The van der Waals surface area contributed by atoms with Crippen molar-refractivity contribution in [2.75, 3.05) is 13.1 Å². The summed E-state index contributed by atoms with van der Waals surface area (Å²) < 4.78 is 6.27. The van der Waals surface area contributed by atoms with E-state index in [2.05, 4.69) is 45.1 Å². The second kappa shape index (κ2) is 10.1. The van der Waals surface area contributed by atoms with Gasteiger partial charge in [0.1, 0.15) is 5.52 Å². The Hall–Kier alpha value is -4.45. The van der Waals surface area contributed by atoms with Gasteiger partial charge in [0.05, 0.1) is 11.1 Å². The normalized spacial score (nSPS) is 21.0. The molecule has 0 fully saturated rings. The maximum absolute atomic E-state index is 14.1. The van der Waals surface area contributed by atoms with Crippen LogP contribution in [0.2, 0.25) is 0 Å².